The van der Waals surface area contributed by atoms with Crippen molar-refractivity contribution in [1.82, 2.24) is 0 Å². The molecule has 1 atom stereocenters. The fourth-order valence-electron chi connectivity index (χ4n) is 0.690. The fraction of sp³-hybridized carbons (Fsp3) is 0.143. The molecule has 0 fully saturated rings. The molecule has 0 heterocycles. The fourth-order valence-corrected chi connectivity index (χ4v) is 1.69. The molecule has 0 N–H and O–H groups in total. The van der Waals surface area contributed by atoms with Gasteiger partial charge in [-0.3, -0.25) is 0 Å². The summed E-state index contributed by atoms with van der Waals surface area (Å²) >= 11 is 3.28. The molecule has 1 aromatic carbocycles. The van der Waals surface area contributed by atoms with Crippen molar-refractivity contribution in [3.05, 3.63) is 28.7 Å². The van der Waals surface area contributed by atoms with Gasteiger partial charge >= 0.3 is 0 Å². The van der Waals surface area contributed by atoms with Gasteiger partial charge < -0.3 is 0 Å². The molecular formula is C7H7BrClNOS. The summed E-state index contributed by atoms with van der Waals surface area (Å²) in [5, 5.41) is 0. The van der Waals surface area contributed by atoms with E-state index in [-0.39, 0.29) is 0 Å². The molecule has 0 amide bonds. The summed E-state index contributed by atoms with van der Waals surface area (Å²) in [7, 11) is 2.90. The van der Waals surface area contributed by atoms with Gasteiger partial charge in [-0.25, -0.2) is 4.21 Å². The highest BCUT2D eigenvalue weighted by Gasteiger charge is 1.94. The van der Waals surface area contributed by atoms with Gasteiger partial charge in [-0.1, -0.05) is 15.9 Å². The maximum atomic E-state index is 11.0. The van der Waals surface area contributed by atoms with E-state index in [0.717, 1.165) is 4.47 Å². The summed E-state index contributed by atoms with van der Waals surface area (Å²) in [6, 6.07) is 7.13. The zero-order valence-corrected chi connectivity index (χ0v) is 9.49. The van der Waals surface area contributed by atoms with Crippen molar-refractivity contribution in [3.8, 4) is 0 Å². The van der Waals surface area contributed by atoms with Gasteiger partial charge in [0.25, 0.3) is 0 Å². The van der Waals surface area contributed by atoms with Gasteiger partial charge in [0.1, 0.15) is 8.94 Å². The van der Waals surface area contributed by atoms with Crippen molar-refractivity contribution < 1.29 is 4.21 Å². The van der Waals surface area contributed by atoms with Crippen LogP contribution in [-0.4, -0.2) is 10.5 Å². The Morgan fingerprint density at radius 2 is 1.92 bits per heavy atom. The zero-order chi connectivity index (χ0) is 9.19. The van der Waals surface area contributed by atoms with Gasteiger partial charge in [0, 0.05) is 10.7 Å². The summed E-state index contributed by atoms with van der Waals surface area (Å²) < 4.78 is 15.8. The zero-order valence-electron chi connectivity index (χ0n) is 6.33. The van der Waals surface area contributed by atoms with E-state index in [1.807, 2.05) is 12.1 Å². The molecule has 1 aromatic rings. The monoisotopic (exact) mass is 267 g/mol. The molecule has 0 saturated carbocycles. The second kappa shape index (κ2) is 3.77. The minimum Gasteiger partial charge on any atom is -0.233 e. The summed E-state index contributed by atoms with van der Waals surface area (Å²) in [4.78, 5) is 0. The Balaban J connectivity index is 3.08. The van der Waals surface area contributed by atoms with Crippen molar-refractivity contribution in [2.24, 2.45) is 4.36 Å². The molecule has 12 heavy (non-hydrogen) atoms. The van der Waals surface area contributed by atoms with Crippen LogP contribution in [0.25, 0.3) is 0 Å². The summed E-state index contributed by atoms with van der Waals surface area (Å²) in [6.45, 7) is 0. The van der Waals surface area contributed by atoms with E-state index in [0.29, 0.717) is 5.69 Å². The molecule has 0 aromatic heterocycles. The van der Waals surface area contributed by atoms with Crippen LogP contribution in [0.2, 0.25) is 0 Å². The SMILES string of the molecule is CS(=O)(Cl)=Nc1ccc(Br)cc1. The lowest BCUT2D eigenvalue weighted by Gasteiger charge is -1.94. The van der Waals surface area contributed by atoms with E-state index in [1.165, 1.54) is 6.26 Å². The van der Waals surface area contributed by atoms with Crippen LogP contribution in [0.5, 0.6) is 0 Å². The van der Waals surface area contributed by atoms with E-state index in [1.54, 1.807) is 12.1 Å². The Hall–Kier alpha value is -0.0600. The van der Waals surface area contributed by atoms with Crippen LogP contribution in [0.1, 0.15) is 0 Å². The van der Waals surface area contributed by atoms with Crippen LogP contribution in [0.4, 0.5) is 5.69 Å². The first kappa shape index (κ1) is 10.0. The van der Waals surface area contributed by atoms with E-state index in [4.69, 9.17) is 10.7 Å². The van der Waals surface area contributed by atoms with Gasteiger partial charge in [0.15, 0.2) is 0 Å². The van der Waals surface area contributed by atoms with E-state index < -0.39 is 8.94 Å². The third-order valence-electron chi connectivity index (χ3n) is 1.10. The van der Waals surface area contributed by atoms with Crippen LogP contribution < -0.4 is 0 Å². The van der Waals surface area contributed by atoms with Crippen molar-refractivity contribution in [2.75, 3.05) is 6.26 Å². The number of halogens is 2. The van der Waals surface area contributed by atoms with Gasteiger partial charge in [0.2, 0.25) is 0 Å². The quantitative estimate of drug-likeness (QED) is 0.718. The van der Waals surface area contributed by atoms with Gasteiger partial charge in [-0.05, 0) is 34.9 Å². The molecule has 0 aliphatic heterocycles. The van der Waals surface area contributed by atoms with Crippen molar-refractivity contribution in [2.45, 2.75) is 0 Å². The molecule has 1 unspecified atom stereocenters. The molecule has 5 heteroatoms. The summed E-state index contributed by atoms with van der Waals surface area (Å²) in [6.07, 6.45) is 1.39. The Kier molecular flexibility index (Phi) is 3.15. The first-order valence-electron chi connectivity index (χ1n) is 3.15. The summed E-state index contributed by atoms with van der Waals surface area (Å²) in [5.74, 6) is 0. The van der Waals surface area contributed by atoms with Crippen molar-refractivity contribution in [1.29, 1.82) is 0 Å². The van der Waals surface area contributed by atoms with Crippen LogP contribution in [0.15, 0.2) is 33.1 Å². The number of rotatable bonds is 1. The second-order valence-corrected chi connectivity index (χ2v) is 6.51. The lowest BCUT2D eigenvalue weighted by molar-refractivity contribution is 0.689. The van der Waals surface area contributed by atoms with Crippen molar-refractivity contribution in [3.63, 3.8) is 0 Å². The minimum absolute atomic E-state index is 0.626. The minimum atomic E-state index is -2.56. The summed E-state index contributed by atoms with van der Waals surface area (Å²) in [5.41, 5.74) is 0.626. The highest BCUT2D eigenvalue weighted by molar-refractivity contribution is 9.10. The first-order valence-corrected chi connectivity index (χ1v) is 6.69. The van der Waals surface area contributed by atoms with Crippen LogP contribution in [0, 0.1) is 0 Å². The number of hydrogen-bond donors (Lipinski definition) is 0. The molecule has 0 saturated heterocycles. The molecule has 1 rings (SSSR count). The molecule has 0 bridgehead atoms. The first-order chi connectivity index (χ1) is 5.47. The lowest BCUT2D eigenvalue weighted by atomic mass is 10.3. The molecular weight excluding hydrogens is 262 g/mol. The highest BCUT2D eigenvalue weighted by Crippen LogP contribution is 2.19. The van der Waals surface area contributed by atoms with E-state index in [2.05, 4.69) is 20.3 Å². The Labute approximate surface area is 84.7 Å². The predicted molar refractivity (Wildman–Crippen MR) is 56.1 cm³/mol. The average molecular weight is 269 g/mol. The van der Waals surface area contributed by atoms with Gasteiger partial charge in [0.05, 0.1) is 5.69 Å². The maximum absolute atomic E-state index is 11.0. The highest BCUT2D eigenvalue weighted by atomic mass is 79.9. The lowest BCUT2D eigenvalue weighted by Crippen LogP contribution is -1.79. The smallest absolute Gasteiger partial charge is 0.131 e. The Bertz CT molecular complexity index is 373. The van der Waals surface area contributed by atoms with Gasteiger partial charge in [-0.2, -0.15) is 4.36 Å². The van der Waals surface area contributed by atoms with Crippen molar-refractivity contribution >= 4 is 41.2 Å². The normalized spacial score (nSPS) is 15.2. The van der Waals surface area contributed by atoms with Gasteiger partial charge in [-0.15, -0.1) is 0 Å². The number of nitrogens with zero attached hydrogens (tertiary/aromatic N) is 1. The van der Waals surface area contributed by atoms with Crippen LogP contribution in [-0.2, 0) is 8.94 Å². The Morgan fingerprint density at radius 3 is 2.33 bits per heavy atom. The molecule has 0 spiro atoms. The topological polar surface area (TPSA) is 29.4 Å². The molecule has 0 aliphatic rings. The molecule has 2 nitrogen and oxygen atoms in total. The third-order valence-corrected chi connectivity index (χ3v) is 2.37. The Morgan fingerprint density at radius 1 is 1.42 bits per heavy atom. The molecule has 0 radical (unpaired) electrons. The predicted octanol–water partition coefficient (Wildman–Crippen LogP) is 3.33. The third kappa shape index (κ3) is 3.56. The number of hydrogen-bond acceptors (Lipinski definition) is 2. The molecule has 66 valence electrons. The average Bonchev–Trinajstić information content (AvgIpc) is 1.91. The maximum Gasteiger partial charge on any atom is 0.131 e. The van der Waals surface area contributed by atoms with E-state index >= 15 is 0 Å². The standard InChI is InChI=1S/C7H7BrClNOS/c1-12(9,11)10-7-4-2-6(8)3-5-7/h2-5H,1H3. The molecule has 0 aliphatic carbocycles. The van der Waals surface area contributed by atoms with E-state index in [9.17, 15) is 4.21 Å². The second-order valence-electron chi connectivity index (χ2n) is 2.28. The number of benzene rings is 1. The largest absolute Gasteiger partial charge is 0.233 e. The van der Waals surface area contributed by atoms with Crippen LogP contribution in [0.3, 0.4) is 0 Å². The van der Waals surface area contributed by atoms with Crippen LogP contribution >= 0.6 is 26.6 Å².